The molecule has 4 rings (SSSR count). The molecule has 1 aromatic rings. The van der Waals surface area contributed by atoms with Gasteiger partial charge in [-0.05, 0) is 74.2 Å². The fourth-order valence-corrected chi connectivity index (χ4v) is 4.69. The third kappa shape index (κ3) is 3.78. The van der Waals surface area contributed by atoms with Crippen molar-refractivity contribution in [2.24, 2.45) is 11.3 Å². The monoisotopic (exact) mass is 355 g/mol. The molecule has 1 atom stereocenters. The van der Waals surface area contributed by atoms with Gasteiger partial charge >= 0.3 is 0 Å². The van der Waals surface area contributed by atoms with Gasteiger partial charge in [0.15, 0.2) is 0 Å². The lowest BCUT2D eigenvalue weighted by atomic mass is 9.77. The average molecular weight is 355 g/mol. The Kier molecular flexibility index (Phi) is 4.98. The number of hydrogen-bond acceptors (Lipinski definition) is 3. The smallest absolute Gasteiger partial charge is 0.253 e. The topological polar surface area (TPSA) is 61.4 Å². The van der Waals surface area contributed by atoms with E-state index >= 15 is 0 Å². The van der Waals surface area contributed by atoms with Gasteiger partial charge < -0.3 is 15.5 Å². The summed E-state index contributed by atoms with van der Waals surface area (Å²) in [6, 6.07) is 8.21. The lowest BCUT2D eigenvalue weighted by Crippen LogP contribution is -2.44. The molecule has 0 aromatic heterocycles. The second-order valence-electron chi connectivity index (χ2n) is 8.36. The minimum atomic E-state index is 0.0890. The molecule has 1 spiro atoms. The number of benzene rings is 1. The van der Waals surface area contributed by atoms with E-state index in [1.807, 2.05) is 17.0 Å². The van der Waals surface area contributed by atoms with Crippen molar-refractivity contribution in [3.63, 3.8) is 0 Å². The van der Waals surface area contributed by atoms with E-state index in [0.717, 1.165) is 57.5 Å². The quantitative estimate of drug-likeness (QED) is 0.871. The molecule has 2 amide bonds. The van der Waals surface area contributed by atoms with Crippen molar-refractivity contribution < 1.29 is 9.59 Å². The fourth-order valence-electron chi connectivity index (χ4n) is 4.69. The molecule has 3 aliphatic heterocycles. The summed E-state index contributed by atoms with van der Waals surface area (Å²) in [5, 5.41) is 6.41. The van der Waals surface area contributed by atoms with Crippen LogP contribution >= 0.6 is 0 Å². The van der Waals surface area contributed by atoms with E-state index in [2.05, 4.69) is 22.8 Å². The molecule has 0 saturated carbocycles. The number of likely N-dealkylation sites (tertiary alicyclic amines) is 1. The van der Waals surface area contributed by atoms with Crippen molar-refractivity contribution in [2.45, 2.75) is 38.5 Å². The van der Waals surface area contributed by atoms with E-state index in [0.29, 0.717) is 12.3 Å². The molecule has 26 heavy (non-hydrogen) atoms. The van der Waals surface area contributed by atoms with Crippen molar-refractivity contribution >= 4 is 11.8 Å². The zero-order valence-electron chi connectivity index (χ0n) is 15.4. The van der Waals surface area contributed by atoms with Crippen molar-refractivity contribution in [1.29, 1.82) is 0 Å². The van der Waals surface area contributed by atoms with Crippen LogP contribution in [0, 0.1) is 11.3 Å². The third-order valence-corrected chi connectivity index (χ3v) is 6.43. The number of nitrogens with zero attached hydrogens (tertiary/aromatic N) is 1. The van der Waals surface area contributed by atoms with E-state index < -0.39 is 0 Å². The van der Waals surface area contributed by atoms with Gasteiger partial charge in [0.25, 0.3) is 5.91 Å². The van der Waals surface area contributed by atoms with Crippen LogP contribution in [-0.2, 0) is 11.2 Å². The Morgan fingerprint density at radius 2 is 1.96 bits per heavy atom. The summed E-state index contributed by atoms with van der Waals surface area (Å²) in [5.41, 5.74) is 2.20. The largest absolute Gasteiger partial charge is 0.356 e. The van der Waals surface area contributed by atoms with Gasteiger partial charge in [0.2, 0.25) is 5.91 Å². The maximum atomic E-state index is 12.8. The van der Waals surface area contributed by atoms with Crippen LogP contribution in [0.25, 0.3) is 0 Å². The highest BCUT2D eigenvalue weighted by Gasteiger charge is 2.41. The van der Waals surface area contributed by atoms with Crippen LogP contribution in [0.2, 0.25) is 0 Å². The minimum Gasteiger partial charge on any atom is -0.356 e. The van der Waals surface area contributed by atoms with Crippen molar-refractivity contribution in [3.8, 4) is 0 Å². The SMILES string of the molecule is O=C1CC2(CCN(C(=O)c3ccc(C[C@H]4CCCNC4)cc3)CC2)CN1. The van der Waals surface area contributed by atoms with E-state index in [1.54, 1.807) is 0 Å². The molecule has 3 heterocycles. The molecular formula is C21H29N3O2. The predicted octanol–water partition coefficient (Wildman–Crippen LogP) is 1.97. The number of nitrogens with one attached hydrogen (secondary N) is 2. The van der Waals surface area contributed by atoms with Crippen molar-refractivity contribution in [2.75, 3.05) is 32.7 Å². The van der Waals surface area contributed by atoms with Crippen LogP contribution in [0.1, 0.15) is 48.0 Å². The van der Waals surface area contributed by atoms with E-state index in [9.17, 15) is 9.59 Å². The Hall–Kier alpha value is -1.88. The third-order valence-electron chi connectivity index (χ3n) is 6.43. The zero-order valence-corrected chi connectivity index (χ0v) is 15.4. The lowest BCUT2D eigenvalue weighted by molar-refractivity contribution is -0.119. The van der Waals surface area contributed by atoms with Gasteiger partial charge in [0.1, 0.15) is 0 Å². The summed E-state index contributed by atoms with van der Waals surface area (Å²) in [6.07, 6.45) is 6.11. The second kappa shape index (κ2) is 7.39. The van der Waals surface area contributed by atoms with Gasteiger partial charge in [0, 0.05) is 31.6 Å². The van der Waals surface area contributed by atoms with Gasteiger partial charge in [0.05, 0.1) is 0 Å². The van der Waals surface area contributed by atoms with Gasteiger partial charge in [-0.15, -0.1) is 0 Å². The predicted molar refractivity (Wildman–Crippen MR) is 101 cm³/mol. The maximum absolute atomic E-state index is 12.8. The molecule has 0 radical (unpaired) electrons. The molecule has 0 unspecified atom stereocenters. The molecule has 5 nitrogen and oxygen atoms in total. The Balaban J connectivity index is 1.32. The fraction of sp³-hybridized carbons (Fsp3) is 0.619. The highest BCUT2D eigenvalue weighted by Crippen LogP contribution is 2.37. The van der Waals surface area contributed by atoms with Gasteiger partial charge in [-0.3, -0.25) is 9.59 Å². The van der Waals surface area contributed by atoms with Crippen LogP contribution in [0.4, 0.5) is 0 Å². The van der Waals surface area contributed by atoms with Gasteiger partial charge in [-0.25, -0.2) is 0 Å². The zero-order chi connectivity index (χ0) is 18.0. The van der Waals surface area contributed by atoms with E-state index in [1.165, 1.54) is 18.4 Å². The molecular weight excluding hydrogens is 326 g/mol. The number of rotatable bonds is 3. The first-order valence-corrected chi connectivity index (χ1v) is 9.99. The van der Waals surface area contributed by atoms with Crippen molar-refractivity contribution in [3.05, 3.63) is 35.4 Å². The van der Waals surface area contributed by atoms with Gasteiger partial charge in [-0.1, -0.05) is 12.1 Å². The highest BCUT2D eigenvalue weighted by atomic mass is 16.2. The van der Waals surface area contributed by atoms with Crippen LogP contribution in [-0.4, -0.2) is 49.4 Å². The standard InChI is InChI=1S/C21H29N3O2/c25-19-13-21(15-23-19)7-10-24(11-8-21)20(26)18-5-3-16(4-6-18)12-17-2-1-9-22-14-17/h3-6,17,22H,1-2,7-15H2,(H,23,25)/t17-/m1/s1. The molecule has 140 valence electrons. The summed E-state index contributed by atoms with van der Waals surface area (Å²) >= 11 is 0. The van der Waals surface area contributed by atoms with Crippen LogP contribution < -0.4 is 10.6 Å². The second-order valence-corrected chi connectivity index (χ2v) is 8.36. The summed E-state index contributed by atoms with van der Waals surface area (Å²) in [7, 11) is 0. The number of carbonyl (C=O) groups is 2. The Bertz CT molecular complexity index is 656. The van der Waals surface area contributed by atoms with Crippen LogP contribution in [0.15, 0.2) is 24.3 Å². The molecule has 2 N–H and O–H groups in total. The number of carbonyl (C=O) groups excluding carboxylic acids is 2. The number of hydrogen-bond donors (Lipinski definition) is 2. The molecule has 3 saturated heterocycles. The average Bonchev–Trinajstić information content (AvgIpc) is 3.03. The molecule has 5 heteroatoms. The van der Waals surface area contributed by atoms with Crippen molar-refractivity contribution in [1.82, 2.24) is 15.5 Å². The first kappa shape index (κ1) is 17.5. The Morgan fingerprint density at radius 1 is 1.19 bits per heavy atom. The highest BCUT2D eigenvalue weighted by molar-refractivity contribution is 5.94. The summed E-state index contributed by atoms with van der Waals surface area (Å²) in [4.78, 5) is 26.3. The molecule has 0 aliphatic carbocycles. The number of piperidine rings is 2. The lowest BCUT2D eigenvalue weighted by Gasteiger charge is -2.38. The molecule has 3 aliphatic rings. The molecule has 1 aromatic carbocycles. The summed E-state index contributed by atoms with van der Waals surface area (Å²) in [6.45, 7) is 4.53. The maximum Gasteiger partial charge on any atom is 0.253 e. The van der Waals surface area contributed by atoms with E-state index in [4.69, 9.17) is 0 Å². The summed E-state index contributed by atoms with van der Waals surface area (Å²) < 4.78 is 0. The first-order valence-electron chi connectivity index (χ1n) is 9.99. The van der Waals surface area contributed by atoms with Crippen LogP contribution in [0.5, 0.6) is 0 Å². The number of amides is 2. The minimum absolute atomic E-state index is 0.0890. The Morgan fingerprint density at radius 3 is 2.58 bits per heavy atom. The summed E-state index contributed by atoms with van der Waals surface area (Å²) in [5.74, 6) is 1.00. The Labute approximate surface area is 155 Å². The molecule has 3 fully saturated rings. The van der Waals surface area contributed by atoms with Gasteiger partial charge in [-0.2, -0.15) is 0 Å². The van der Waals surface area contributed by atoms with Crippen LogP contribution in [0.3, 0.4) is 0 Å². The molecule has 0 bridgehead atoms. The van der Waals surface area contributed by atoms with E-state index in [-0.39, 0.29) is 17.2 Å². The first-order chi connectivity index (χ1) is 12.6. The normalized spacial score (nSPS) is 25.3.